The van der Waals surface area contributed by atoms with E-state index in [9.17, 15) is 4.21 Å². The van der Waals surface area contributed by atoms with Gasteiger partial charge >= 0.3 is 0 Å². The lowest BCUT2D eigenvalue weighted by Crippen LogP contribution is -2.56. The molecule has 166 valence electrons. The summed E-state index contributed by atoms with van der Waals surface area (Å²) in [4.78, 5) is 4.41. The van der Waals surface area contributed by atoms with E-state index < -0.39 is 10.1 Å². The summed E-state index contributed by atoms with van der Waals surface area (Å²) in [6.45, 7) is 9.69. The minimum absolute atomic E-state index is 0.192. The molecule has 7 heteroatoms. The van der Waals surface area contributed by atoms with E-state index in [0.29, 0.717) is 6.04 Å². The first-order chi connectivity index (χ1) is 14.3. The first-order valence-corrected chi connectivity index (χ1v) is 13.2. The summed E-state index contributed by atoms with van der Waals surface area (Å²) in [5.74, 6) is 0.719. The molecule has 2 unspecified atom stereocenters. The van der Waals surface area contributed by atoms with Crippen LogP contribution in [0.15, 0.2) is 51.8 Å². The van der Waals surface area contributed by atoms with Crippen LogP contribution in [0.25, 0.3) is 0 Å². The van der Waals surface area contributed by atoms with Crippen LogP contribution >= 0.6 is 0 Å². The lowest BCUT2D eigenvalue weighted by Gasteiger charge is -2.44. The monoisotopic (exact) mass is 432 g/mol. The molecule has 4 N–H and O–H groups in total. The van der Waals surface area contributed by atoms with Gasteiger partial charge in [0, 0.05) is 61.9 Å². The molecule has 0 bridgehead atoms. The average Bonchev–Trinajstić information content (AvgIpc) is 2.74. The number of nitrogens with one attached hydrogen (secondary N) is 2. The Bertz CT molecular complexity index is 833. The van der Waals surface area contributed by atoms with Gasteiger partial charge in [-0.05, 0) is 56.8 Å². The highest BCUT2D eigenvalue weighted by Crippen LogP contribution is 2.40. The fourth-order valence-corrected chi connectivity index (χ4v) is 5.96. The van der Waals surface area contributed by atoms with Crippen molar-refractivity contribution >= 4 is 16.3 Å². The summed E-state index contributed by atoms with van der Waals surface area (Å²) in [6.07, 6.45) is 15.0. The third kappa shape index (κ3) is 4.95. The van der Waals surface area contributed by atoms with Crippen molar-refractivity contribution in [3.63, 3.8) is 0 Å². The van der Waals surface area contributed by atoms with Crippen LogP contribution in [0, 0.1) is 0 Å². The van der Waals surface area contributed by atoms with Gasteiger partial charge in [-0.3, -0.25) is 4.99 Å². The molecule has 1 fully saturated rings. The van der Waals surface area contributed by atoms with Gasteiger partial charge in [-0.2, -0.15) is 0 Å². The van der Waals surface area contributed by atoms with Crippen molar-refractivity contribution in [2.75, 3.05) is 38.2 Å². The maximum Gasteiger partial charge on any atom is 0.154 e. The standard InChI is InChI=1S/C23H38N5OS/c1-5-25-16-20(15-24)19-13-18-7-10-26-17-22(18)23(3,14-19)27-21-8-11-28(12-9-21)30(4,29)6-2/h7,13,15-17,21,26-27H,5-6,8-12,14,24H2,1-4H3/q+1. The molecule has 0 spiro atoms. The number of nitrogens with zero attached hydrogens (tertiary/aromatic N) is 2. The molecule has 0 aromatic rings. The average molecular weight is 433 g/mol. The Labute approximate surface area is 183 Å². The quantitative estimate of drug-likeness (QED) is 0.426. The smallest absolute Gasteiger partial charge is 0.154 e. The Morgan fingerprint density at radius 3 is 2.80 bits per heavy atom. The lowest BCUT2D eigenvalue weighted by molar-refractivity contribution is 0.251. The summed E-state index contributed by atoms with van der Waals surface area (Å²) in [5.41, 5.74) is 10.5. The number of piperidine rings is 1. The number of hydrogen-bond acceptors (Lipinski definition) is 5. The highest BCUT2D eigenvalue weighted by Gasteiger charge is 2.40. The van der Waals surface area contributed by atoms with Crippen molar-refractivity contribution in [3.05, 3.63) is 46.8 Å². The molecule has 0 saturated carbocycles. The van der Waals surface area contributed by atoms with Crippen LogP contribution in [0.5, 0.6) is 0 Å². The van der Waals surface area contributed by atoms with Gasteiger partial charge in [0.05, 0.1) is 0 Å². The maximum atomic E-state index is 12.7. The molecule has 6 nitrogen and oxygen atoms in total. The zero-order valence-electron chi connectivity index (χ0n) is 18.9. The van der Waals surface area contributed by atoms with Crippen LogP contribution in [-0.4, -0.2) is 60.3 Å². The van der Waals surface area contributed by atoms with Gasteiger partial charge in [-0.15, -0.1) is 4.31 Å². The molecule has 2 atom stereocenters. The fourth-order valence-electron chi connectivity index (χ4n) is 4.61. The molecular weight excluding hydrogens is 394 g/mol. The molecular formula is C23H38N5OS+. The van der Waals surface area contributed by atoms with Crippen molar-refractivity contribution in [3.8, 4) is 0 Å². The third-order valence-electron chi connectivity index (χ3n) is 6.49. The molecule has 0 amide bonds. The van der Waals surface area contributed by atoms with E-state index in [-0.39, 0.29) is 5.54 Å². The summed E-state index contributed by atoms with van der Waals surface area (Å²) in [7, 11) is -1.86. The molecule has 3 aliphatic rings. The number of allylic oxidation sites excluding steroid dienone is 2. The molecule has 1 saturated heterocycles. The largest absolute Gasteiger partial charge is 0.404 e. The minimum Gasteiger partial charge on any atom is -0.404 e. The van der Waals surface area contributed by atoms with Gasteiger partial charge in [0.15, 0.2) is 10.1 Å². The predicted octanol–water partition coefficient (Wildman–Crippen LogP) is 2.54. The number of hydrogen-bond donors (Lipinski definition) is 3. The number of fused-ring (bicyclic) bond motifs is 1. The summed E-state index contributed by atoms with van der Waals surface area (Å²) < 4.78 is 14.9. The van der Waals surface area contributed by atoms with Gasteiger partial charge in [0.1, 0.15) is 12.0 Å². The van der Waals surface area contributed by atoms with E-state index in [2.05, 4.69) is 45.2 Å². The molecule has 0 aromatic heterocycles. The van der Waals surface area contributed by atoms with Crippen molar-refractivity contribution in [2.45, 2.75) is 51.6 Å². The first kappa shape index (κ1) is 23.0. The molecule has 2 aliphatic heterocycles. The predicted molar refractivity (Wildman–Crippen MR) is 129 cm³/mol. The van der Waals surface area contributed by atoms with Crippen molar-refractivity contribution < 1.29 is 4.21 Å². The van der Waals surface area contributed by atoms with Crippen molar-refractivity contribution in [2.24, 2.45) is 10.7 Å². The minimum atomic E-state index is -1.86. The number of aliphatic imine (C=N–C) groups is 1. The van der Waals surface area contributed by atoms with Gasteiger partial charge in [0.2, 0.25) is 0 Å². The molecule has 0 aromatic carbocycles. The van der Waals surface area contributed by atoms with Crippen LogP contribution in [-0.2, 0) is 14.3 Å². The first-order valence-electron chi connectivity index (χ1n) is 11.1. The summed E-state index contributed by atoms with van der Waals surface area (Å²) >= 11 is 0. The van der Waals surface area contributed by atoms with E-state index in [4.69, 9.17) is 5.73 Å². The Hall–Kier alpha value is -1.70. The van der Waals surface area contributed by atoms with E-state index in [1.54, 1.807) is 6.20 Å². The van der Waals surface area contributed by atoms with Gasteiger partial charge < -0.3 is 16.4 Å². The van der Waals surface area contributed by atoms with Crippen molar-refractivity contribution in [1.29, 1.82) is 0 Å². The van der Waals surface area contributed by atoms with E-state index >= 15 is 0 Å². The van der Waals surface area contributed by atoms with Gasteiger partial charge in [-0.25, -0.2) is 0 Å². The lowest BCUT2D eigenvalue weighted by atomic mass is 9.73. The third-order valence-corrected chi connectivity index (χ3v) is 9.02. The molecule has 0 radical (unpaired) electrons. The van der Waals surface area contributed by atoms with Gasteiger partial charge in [0.25, 0.3) is 0 Å². The van der Waals surface area contributed by atoms with E-state index in [1.165, 1.54) is 16.7 Å². The van der Waals surface area contributed by atoms with Crippen LogP contribution < -0.4 is 16.4 Å². The molecule has 30 heavy (non-hydrogen) atoms. The highest BCUT2D eigenvalue weighted by molar-refractivity contribution is 8.00. The molecule has 2 heterocycles. The molecule has 1 aliphatic carbocycles. The number of nitrogens with two attached hydrogens (primary N) is 1. The van der Waals surface area contributed by atoms with E-state index in [1.807, 2.05) is 26.3 Å². The van der Waals surface area contributed by atoms with Crippen LogP contribution in [0.1, 0.15) is 40.0 Å². The van der Waals surface area contributed by atoms with Crippen LogP contribution in [0.3, 0.4) is 0 Å². The van der Waals surface area contributed by atoms with Crippen LogP contribution in [0.4, 0.5) is 0 Å². The SMILES string of the molecule is CCN=CC(=CN)C1=CC2=CCNC=C2C(C)(NC2CCN([S+](C)(=O)CC)CC2)C1. The fraction of sp³-hybridized carbons (Fsp3) is 0.609. The normalized spacial score (nSPS) is 28.3. The Balaban J connectivity index is 1.79. The maximum absolute atomic E-state index is 12.7. The van der Waals surface area contributed by atoms with E-state index in [0.717, 1.165) is 56.8 Å². The Morgan fingerprint density at radius 1 is 1.43 bits per heavy atom. The van der Waals surface area contributed by atoms with Crippen molar-refractivity contribution in [1.82, 2.24) is 14.9 Å². The number of rotatable bonds is 7. The van der Waals surface area contributed by atoms with Crippen LogP contribution in [0.2, 0.25) is 0 Å². The zero-order valence-corrected chi connectivity index (χ0v) is 19.7. The Morgan fingerprint density at radius 2 is 2.17 bits per heavy atom. The summed E-state index contributed by atoms with van der Waals surface area (Å²) in [6, 6.07) is 0.399. The number of dihydropyridines is 1. The second-order valence-corrected chi connectivity index (χ2v) is 11.7. The highest BCUT2D eigenvalue weighted by atomic mass is 32.3. The van der Waals surface area contributed by atoms with Gasteiger partial charge in [-0.1, -0.05) is 16.4 Å². The second-order valence-electron chi connectivity index (χ2n) is 8.65. The molecule has 3 rings (SSSR count). The second kappa shape index (κ2) is 9.62. The summed E-state index contributed by atoms with van der Waals surface area (Å²) in [5, 5.41) is 7.35. The zero-order chi connectivity index (χ0) is 21.8. The Kier molecular flexibility index (Phi) is 7.37. The topological polar surface area (TPSA) is 82.8 Å².